The summed E-state index contributed by atoms with van der Waals surface area (Å²) in [6.45, 7) is 2.04. The number of hydrogen-bond donors (Lipinski definition) is 2. The number of oxazole rings is 1. The molecule has 5 aromatic rings. The van der Waals surface area contributed by atoms with Crippen molar-refractivity contribution in [3.63, 3.8) is 0 Å². The van der Waals surface area contributed by atoms with Crippen molar-refractivity contribution in [1.82, 2.24) is 4.98 Å². The lowest BCUT2D eigenvalue weighted by atomic mass is 9.97. The molecule has 5 rings (SSSR count). The monoisotopic (exact) mass is 462 g/mol. The van der Waals surface area contributed by atoms with Crippen molar-refractivity contribution >= 4 is 22.6 Å². The van der Waals surface area contributed by atoms with E-state index in [2.05, 4.69) is 28.5 Å². The fourth-order valence-electron chi connectivity index (χ4n) is 4.20. The number of aromatic nitrogens is 1. The Morgan fingerprint density at radius 2 is 1.66 bits per heavy atom. The zero-order chi connectivity index (χ0) is 24.2. The number of carbonyl (C=O) groups is 1. The topological polar surface area (TPSA) is 75.4 Å². The summed E-state index contributed by atoms with van der Waals surface area (Å²) in [5.41, 5.74) is 3.74. The first-order valence-corrected chi connectivity index (χ1v) is 11.8. The number of nitrogens with zero attached hydrogens (tertiary/aromatic N) is 1. The third-order valence-electron chi connectivity index (χ3n) is 6.01. The van der Waals surface area contributed by atoms with Crippen molar-refractivity contribution in [2.75, 3.05) is 5.32 Å². The molecule has 0 atom stereocenters. The van der Waals surface area contributed by atoms with Crippen LogP contribution in [0.3, 0.4) is 0 Å². The zero-order valence-electron chi connectivity index (χ0n) is 19.5. The molecule has 5 nitrogen and oxygen atoms in total. The summed E-state index contributed by atoms with van der Waals surface area (Å²) in [6, 6.07) is 29.3. The normalized spacial score (nSPS) is 11.0. The van der Waals surface area contributed by atoms with E-state index in [9.17, 15) is 9.90 Å². The Bertz CT molecular complexity index is 1480. The molecule has 0 spiro atoms. The van der Waals surface area contributed by atoms with Crippen LogP contribution in [0.4, 0.5) is 5.88 Å². The lowest BCUT2D eigenvalue weighted by Crippen LogP contribution is -2.11. The highest BCUT2D eigenvalue weighted by Crippen LogP contribution is 2.39. The average Bonchev–Trinajstić information content (AvgIpc) is 3.30. The fraction of sp³-hybridized carbons (Fsp3) is 0.133. The van der Waals surface area contributed by atoms with Crippen molar-refractivity contribution < 1.29 is 14.3 Å². The number of nitrogens with one attached hydrogen (secondary N) is 1. The first-order valence-electron chi connectivity index (χ1n) is 11.8. The number of unbranched alkanes of at least 4 members (excludes halogenated alkanes) is 1. The predicted octanol–water partition coefficient (Wildman–Crippen LogP) is 7.66. The highest BCUT2D eigenvalue weighted by atomic mass is 16.4. The second-order valence-electron chi connectivity index (χ2n) is 8.47. The van der Waals surface area contributed by atoms with E-state index < -0.39 is 0 Å². The van der Waals surface area contributed by atoms with E-state index in [1.807, 2.05) is 67.6 Å². The van der Waals surface area contributed by atoms with Crippen LogP contribution in [0.1, 0.15) is 26.2 Å². The smallest absolute Gasteiger partial charge is 0.233 e. The minimum Gasteiger partial charge on any atom is -0.507 e. The Balaban J connectivity index is 1.53. The lowest BCUT2D eigenvalue weighted by molar-refractivity contribution is -0.116. The van der Waals surface area contributed by atoms with Gasteiger partial charge in [0.05, 0.1) is 5.56 Å². The highest BCUT2D eigenvalue weighted by Gasteiger charge is 2.20. The number of phenolic OH excluding ortho intramolecular Hbond substituents is 1. The maximum Gasteiger partial charge on any atom is 0.233 e. The molecule has 0 radical (unpaired) electrons. The molecule has 0 unspecified atom stereocenters. The van der Waals surface area contributed by atoms with Crippen LogP contribution in [0, 0.1) is 0 Å². The molecule has 0 aliphatic rings. The van der Waals surface area contributed by atoms with E-state index >= 15 is 0 Å². The maximum absolute atomic E-state index is 12.4. The molecular weight excluding hydrogens is 436 g/mol. The molecule has 0 fully saturated rings. The van der Waals surface area contributed by atoms with Gasteiger partial charge in [0, 0.05) is 12.0 Å². The Morgan fingerprint density at radius 1 is 0.886 bits per heavy atom. The molecule has 1 aromatic heterocycles. The second-order valence-corrected chi connectivity index (χ2v) is 8.47. The van der Waals surface area contributed by atoms with E-state index in [1.54, 1.807) is 12.1 Å². The van der Waals surface area contributed by atoms with Gasteiger partial charge in [-0.25, -0.2) is 4.98 Å². The number of benzene rings is 4. The van der Waals surface area contributed by atoms with Crippen molar-refractivity contribution in [1.29, 1.82) is 0 Å². The summed E-state index contributed by atoms with van der Waals surface area (Å²) in [5, 5.41) is 16.1. The highest BCUT2D eigenvalue weighted by molar-refractivity contribution is 5.97. The molecule has 4 aromatic carbocycles. The first kappa shape index (κ1) is 22.4. The van der Waals surface area contributed by atoms with Crippen LogP contribution in [-0.4, -0.2) is 16.0 Å². The van der Waals surface area contributed by atoms with E-state index in [1.165, 1.54) is 0 Å². The predicted molar refractivity (Wildman–Crippen MR) is 140 cm³/mol. The maximum atomic E-state index is 12.4. The summed E-state index contributed by atoms with van der Waals surface area (Å²) in [6.07, 6.45) is 2.13. The summed E-state index contributed by atoms with van der Waals surface area (Å²) in [4.78, 5) is 17.1. The van der Waals surface area contributed by atoms with Crippen molar-refractivity contribution in [2.24, 2.45) is 0 Å². The molecule has 0 saturated carbocycles. The molecule has 174 valence electrons. The fourth-order valence-corrected chi connectivity index (χ4v) is 4.20. The molecule has 5 heteroatoms. The molecule has 0 bridgehead atoms. The Morgan fingerprint density at radius 3 is 2.46 bits per heavy atom. The van der Waals surface area contributed by atoms with Gasteiger partial charge < -0.3 is 9.52 Å². The minimum absolute atomic E-state index is 0.0557. The Kier molecular flexibility index (Phi) is 6.31. The van der Waals surface area contributed by atoms with Crippen LogP contribution >= 0.6 is 0 Å². The van der Waals surface area contributed by atoms with E-state index in [-0.39, 0.29) is 23.4 Å². The molecule has 35 heavy (non-hydrogen) atoms. The van der Waals surface area contributed by atoms with Gasteiger partial charge in [-0.2, -0.15) is 0 Å². The standard InChI is InChI=1S/C30H26N2O3/c1-2-3-16-27(34)31-30-28(21-11-5-4-6-12-21)32-29(35-30)25-18-17-22(19-26(25)33)24-15-9-13-20-10-7-8-14-23(20)24/h4-15,17-19,33H,2-3,16H2,1H3,(H,31,34). The summed E-state index contributed by atoms with van der Waals surface area (Å²) < 4.78 is 6.00. The van der Waals surface area contributed by atoms with Crippen molar-refractivity contribution in [3.8, 4) is 39.6 Å². The second kappa shape index (κ2) is 9.85. The van der Waals surface area contributed by atoms with Crippen LogP contribution in [-0.2, 0) is 4.79 Å². The van der Waals surface area contributed by atoms with E-state index in [0.29, 0.717) is 17.7 Å². The van der Waals surface area contributed by atoms with Gasteiger partial charge in [0.25, 0.3) is 0 Å². The van der Waals surface area contributed by atoms with Gasteiger partial charge in [-0.1, -0.05) is 92.2 Å². The van der Waals surface area contributed by atoms with E-state index in [0.717, 1.165) is 40.3 Å². The number of phenols is 1. The van der Waals surface area contributed by atoms with Crippen molar-refractivity contribution in [2.45, 2.75) is 26.2 Å². The Hall–Kier alpha value is -4.38. The molecule has 0 aliphatic heterocycles. The van der Waals surface area contributed by atoms with Gasteiger partial charge in [0.15, 0.2) is 0 Å². The van der Waals surface area contributed by atoms with E-state index in [4.69, 9.17) is 4.42 Å². The van der Waals surface area contributed by atoms with Crippen LogP contribution < -0.4 is 5.32 Å². The minimum atomic E-state index is -0.123. The number of fused-ring (bicyclic) bond motifs is 1. The number of amides is 1. The van der Waals surface area contributed by atoms with Crippen molar-refractivity contribution in [3.05, 3.63) is 91.0 Å². The quantitative estimate of drug-likeness (QED) is 0.260. The van der Waals surface area contributed by atoms with Gasteiger partial charge >= 0.3 is 0 Å². The third-order valence-corrected chi connectivity index (χ3v) is 6.01. The first-order chi connectivity index (χ1) is 17.1. The summed E-state index contributed by atoms with van der Waals surface area (Å²) in [5.74, 6) is 0.462. The number of anilines is 1. The number of hydrogen-bond acceptors (Lipinski definition) is 4. The SMILES string of the molecule is CCCCC(=O)Nc1oc(-c2ccc(-c3cccc4ccccc34)cc2O)nc1-c1ccccc1. The number of carbonyl (C=O) groups excluding carboxylic acids is 1. The van der Waals surface area contributed by atoms with Crippen LogP contribution in [0.25, 0.3) is 44.6 Å². The van der Waals surface area contributed by atoms with Gasteiger partial charge in [-0.05, 0) is 40.5 Å². The summed E-state index contributed by atoms with van der Waals surface area (Å²) in [7, 11) is 0. The van der Waals surface area contributed by atoms with Gasteiger partial charge in [0.2, 0.25) is 17.7 Å². The van der Waals surface area contributed by atoms with Crippen LogP contribution in [0.2, 0.25) is 0 Å². The summed E-state index contributed by atoms with van der Waals surface area (Å²) >= 11 is 0. The van der Waals surface area contributed by atoms with Gasteiger partial charge in [-0.15, -0.1) is 0 Å². The molecule has 0 aliphatic carbocycles. The van der Waals surface area contributed by atoms with Gasteiger partial charge in [0.1, 0.15) is 11.4 Å². The molecule has 1 heterocycles. The molecule has 0 saturated heterocycles. The van der Waals surface area contributed by atoms with Crippen LogP contribution in [0.5, 0.6) is 5.75 Å². The largest absolute Gasteiger partial charge is 0.507 e. The zero-order valence-corrected chi connectivity index (χ0v) is 19.5. The van der Waals surface area contributed by atoms with Crippen LogP contribution in [0.15, 0.2) is 95.4 Å². The average molecular weight is 463 g/mol. The molecule has 2 N–H and O–H groups in total. The molecule has 1 amide bonds. The lowest BCUT2D eigenvalue weighted by Gasteiger charge is -2.09. The van der Waals surface area contributed by atoms with Gasteiger partial charge in [-0.3, -0.25) is 10.1 Å². The number of rotatable bonds is 7. The number of aromatic hydroxyl groups is 1. The molecular formula is C30H26N2O3. The Labute approximate surface area is 204 Å². The third kappa shape index (κ3) is 4.66.